The Morgan fingerprint density at radius 2 is 2.10 bits per heavy atom. The van der Waals surface area contributed by atoms with Gasteiger partial charge in [-0.25, -0.2) is 4.39 Å². The van der Waals surface area contributed by atoms with E-state index in [2.05, 4.69) is 10.3 Å². The summed E-state index contributed by atoms with van der Waals surface area (Å²) >= 11 is 0. The van der Waals surface area contributed by atoms with E-state index in [9.17, 15) is 9.18 Å². The Hall–Kier alpha value is -3.16. The lowest BCUT2D eigenvalue weighted by Crippen LogP contribution is -2.16. The maximum atomic E-state index is 12.9. The highest BCUT2D eigenvalue weighted by molar-refractivity contribution is 5.85. The number of ether oxygens (including phenoxy) is 1. The molecule has 0 fully saturated rings. The molecule has 8 heteroatoms. The van der Waals surface area contributed by atoms with Gasteiger partial charge in [-0.2, -0.15) is 0 Å². The lowest BCUT2D eigenvalue weighted by atomic mass is 10.1. The summed E-state index contributed by atoms with van der Waals surface area (Å²) in [6, 6.07) is 11.8. The van der Waals surface area contributed by atoms with Gasteiger partial charge >= 0.3 is 0 Å². The monoisotopic (exact) mass is 441 g/mol. The van der Waals surface area contributed by atoms with E-state index < -0.39 is 5.82 Å². The standard InChI is InChI=1S/C23H20FN3O3.ClH/c24-15-3-4-16(26-12-15)14-29-18-7-9-27(23(28)11-18)17-5-6-19-20-13-25-8-1-2-21(20)30-22(19)10-17;/h3-7,9-12,25H,1-2,8,13-14H2;1H. The molecule has 1 N–H and O–H groups in total. The van der Waals surface area contributed by atoms with Crippen molar-refractivity contribution in [3.63, 3.8) is 0 Å². The number of furan rings is 1. The van der Waals surface area contributed by atoms with Gasteiger partial charge in [0.2, 0.25) is 0 Å². The SMILES string of the molecule is Cl.O=c1cc(OCc2ccc(F)cn2)ccn1-c1ccc2c3c(oc2c1)CCCNC3. The average Bonchev–Trinajstić information content (AvgIpc) is 2.93. The first-order valence-electron chi connectivity index (χ1n) is 9.89. The van der Waals surface area contributed by atoms with Gasteiger partial charge in [0.25, 0.3) is 5.56 Å². The van der Waals surface area contributed by atoms with E-state index in [1.807, 2.05) is 18.2 Å². The number of aromatic nitrogens is 2. The maximum Gasteiger partial charge on any atom is 0.258 e. The summed E-state index contributed by atoms with van der Waals surface area (Å²) in [6.45, 7) is 1.95. The Morgan fingerprint density at radius 1 is 1.19 bits per heavy atom. The Bertz CT molecular complexity index is 1270. The van der Waals surface area contributed by atoms with Crippen LogP contribution in [0.25, 0.3) is 16.7 Å². The molecule has 0 atom stereocenters. The van der Waals surface area contributed by atoms with Crippen molar-refractivity contribution in [2.75, 3.05) is 6.54 Å². The van der Waals surface area contributed by atoms with Crippen LogP contribution in [-0.4, -0.2) is 16.1 Å². The molecular formula is C23H21ClFN3O3. The van der Waals surface area contributed by atoms with E-state index >= 15 is 0 Å². The van der Waals surface area contributed by atoms with Gasteiger partial charge in [-0.3, -0.25) is 14.3 Å². The second kappa shape index (κ2) is 8.91. The third-order valence-corrected chi connectivity index (χ3v) is 5.26. The summed E-state index contributed by atoms with van der Waals surface area (Å²) in [7, 11) is 0. The first-order chi connectivity index (χ1) is 14.7. The third-order valence-electron chi connectivity index (χ3n) is 5.26. The highest BCUT2D eigenvalue weighted by Crippen LogP contribution is 2.29. The summed E-state index contributed by atoms with van der Waals surface area (Å²) in [5.41, 5.74) is 3.10. The van der Waals surface area contributed by atoms with Crippen molar-refractivity contribution in [1.82, 2.24) is 14.9 Å². The molecule has 0 unspecified atom stereocenters. The van der Waals surface area contributed by atoms with E-state index in [1.165, 1.54) is 17.7 Å². The largest absolute Gasteiger partial charge is 0.487 e. The normalized spacial score (nSPS) is 13.3. The minimum atomic E-state index is -0.400. The van der Waals surface area contributed by atoms with E-state index in [-0.39, 0.29) is 24.6 Å². The summed E-state index contributed by atoms with van der Waals surface area (Å²) in [6.07, 6.45) is 4.78. The number of hydrogen-bond donors (Lipinski definition) is 1. The molecular weight excluding hydrogens is 421 g/mol. The molecule has 1 aromatic carbocycles. The molecule has 5 rings (SSSR count). The molecule has 0 saturated carbocycles. The second-order valence-corrected chi connectivity index (χ2v) is 7.29. The molecule has 0 aliphatic carbocycles. The van der Waals surface area contributed by atoms with Gasteiger partial charge in [0.05, 0.1) is 17.6 Å². The first kappa shape index (κ1) is 21.1. The zero-order chi connectivity index (χ0) is 20.5. The fourth-order valence-corrected chi connectivity index (χ4v) is 3.74. The average molecular weight is 442 g/mol. The van der Waals surface area contributed by atoms with E-state index in [0.717, 1.165) is 54.5 Å². The minimum Gasteiger partial charge on any atom is -0.487 e. The van der Waals surface area contributed by atoms with Crippen molar-refractivity contribution in [3.05, 3.63) is 88.0 Å². The number of nitrogens with zero attached hydrogens (tertiary/aromatic N) is 2. The van der Waals surface area contributed by atoms with E-state index in [4.69, 9.17) is 9.15 Å². The number of hydrogen-bond acceptors (Lipinski definition) is 5. The zero-order valence-electron chi connectivity index (χ0n) is 16.6. The molecule has 0 amide bonds. The van der Waals surface area contributed by atoms with Gasteiger partial charge in [-0.1, -0.05) is 0 Å². The van der Waals surface area contributed by atoms with Crippen LogP contribution >= 0.6 is 12.4 Å². The molecule has 4 heterocycles. The van der Waals surface area contributed by atoms with Crippen molar-refractivity contribution in [2.24, 2.45) is 0 Å². The first-order valence-corrected chi connectivity index (χ1v) is 9.89. The predicted molar refractivity (Wildman–Crippen MR) is 118 cm³/mol. The van der Waals surface area contributed by atoms with E-state index in [1.54, 1.807) is 22.9 Å². The molecule has 0 saturated heterocycles. The van der Waals surface area contributed by atoms with Gasteiger partial charge in [0, 0.05) is 42.2 Å². The summed E-state index contributed by atoms with van der Waals surface area (Å²) in [4.78, 5) is 16.6. The van der Waals surface area contributed by atoms with Crippen LogP contribution in [0, 0.1) is 5.82 Å². The molecule has 0 spiro atoms. The van der Waals surface area contributed by atoms with Gasteiger partial charge in [-0.15, -0.1) is 12.4 Å². The summed E-state index contributed by atoms with van der Waals surface area (Å²) in [5.74, 6) is 1.06. The minimum absolute atomic E-state index is 0. The van der Waals surface area contributed by atoms with Crippen LogP contribution in [0.5, 0.6) is 5.75 Å². The highest BCUT2D eigenvalue weighted by Gasteiger charge is 2.17. The predicted octanol–water partition coefficient (Wildman–Crippen LogP) is 4.15. The number of aryl methyl sites for hydroxylation is 1. The van der Waals surface area contributed by atoms with Crippen LogP contribution in [0.2, 0.25) is 0 Å². The van der Waals surface area contributed by atoms with Crippen LogP contribution in [0.3, 0.4) is 0 Å². The topological polar surface area (TPSA) is 69.3 Å². The van der Waals surface area contributed by atoms with Crippen molar-refractivity contribution >= 4 is 23.4 Å². The molecule has 4 aromatic rings. The van der Waals surface area contributed by atoms with Crippen molar-refractivity contribution in [3.8, 4) is 11.4 Å². The van der Waals surface area contributed by atoms with Gasteiger partial charge in [0.15, 0.2) is 0 Å². The molecule has 160 valence electrons. The molecule has 0 bridgehead atoms. The molecule has 31 heavy (non-hydrogen) atoms. The summed E-state index contributed by atoms with van der Waals surface area (Å²) < 4.78 is 26.2. The smallest absolute Gasteiger partial charge is 0.258 e. The van der Waals surface area contributed by atoms with Crippen molar-refractivity contribution in [1.29, 1.82) is 0 Å². The number of rotatable bonds is 4. The van der Waals surface area contributed by atoms with Crippen LogP contribution < -0.4 is 15.6 Å². The van der Waals surface area contributed by atoms with Crippen LogP contribution in [0.1, 0.15) is 23.4 Å². The number of fused-ring (bicyclic) bond motifs is 3. The van der Waals surface area contributed by atoms with Crippen LogP contribution in [0.4, 0.5) is 4.39 Å². The molecule has 1 aliphatic heterocycles. The molecule has 6 nitrogen and oxygen atoms in total. The number of nitrogens with one attached hydrogen (secondary N) is 1. The fourth-order valence-electron chi connectivity index (χ4n) is 3.74. The molecule has 1 aliphatic rings. The summed E-state index contributed by atoms with van der Waals surface area (Å²) in [5, 5.41) is 4.50. The Labute approximate surface area is 184 Å². The molecule has 3 aromatic heterocycles. The van der Waals surface area contributed by atoms with Crippen LogP contribution in [0.15, 0.2) is 64.1 Å². The third kappa shape index (κ3) is 4.33. The van der Waals surface area contributed by atoms with Crippen LogP contribution in [-0.2, 0) is 19.6 Å². The zero-order valence-corrected chi connectivity index (χ0v) is 17.5. The lowest BCUT2D eigenvalue weighted by molar-refractivity contribution is 0.300. The number of halogens is 2. The quantitative estimate of drug-likeness (QED) is 0.515. The Morgan fingerprint density at radius 3 is 2.90 bits per heavy atom. The highest BCUT2D eigenvalue weighted by atomic mass is 35.5. The van der Waals surface area contributed by atoms with Gasteiger partial charge < -0.3 is 14.5 Å². The maximum absolute atomic E-state index is 12.9. The van der Waals surface area contributed by atoms with E-state index in [0.29, 0.717) is 11.4 Å². The van der Waals surface area contributed by atoms with Gasteiger partial charge in [0.1, 0.15) is 29.5 Å². The second-order valence-electron chi connectivity index (χ2n) is 7.29. The Kier molecular flexibility index (Phi) is 6.06. The molecule has 0 radical (unpaired) electrons. The van der Waals surface area contributed by atoms with Crippen molar-refractivity contribution in [2.45, 2.75) is 26.0 Å². The van der Waals surface area contributed by atoms with Crippen molar-refractivity contribution < 1.29 is 13.5 Å². The number of benzene rings is 1. The Balaban J connectivity index is 0.00000231. The number of pyridine rings is 2. The van der Waals surface area contributed by atoms with Gasteiger partial charge in [-0.05, 0) is 43.3 Å². The fraction of sp³-hybridized carbons (Fsp3) is 0.217. The lowest BCUT2D eigenvalue weighted by Gasteiger charge is -2.09.